The zero-order valence-electron chi connectivity index (χ0n) is 11.9. The highest BCUT2D eigenvalue weighted by Gasteiger charge is 2.07. The van der Waals surface area contributed by atoms with Crippen LogP contribution in [0.25, 0.3) is 0 Å². The number of hydrogen-bond donors (Lipinski definition) is 2. The van der Waals surface area contributed by atoms with Crippen LogP contribution in [0.4, 0.5) is 5.69 Å². The minimum atomic E-state index is -0.304. The van der Waals surface area contributed by atoms with Gasteiger partial charge < -0.3 is 20.4 Å². The van der Waals surface area contributed by atoms with E-state index in [4.69, 9.17) is 10.5 Å². The van der Waals surface area contributed by atoms with Crippen LogP contribution in [-0.2, 0) is 13.6 Å². The Hall–Kier alpha value is -2.76. The molecule has 0 aliphatic heterocycles. The molecule has 6 heteroatoms. The molecule has 1 aromatic heterocycles. The zero-order valence-corrected chi connectivity index (χ0v) is 11.9. The molecule has 3 N–H and O–H groups in total. The van der Waals surface area contributed by atoms with Crippen molar-refractivity contribution in [1.29, 1.82) is 0 Å². The highest BCUT2D eigenvalue weighted by molar-refractivity contribution is 5.93. The number of carbonyl (C=O) groups is 1. The first kappa shape index (κ1) is 14.6. The lowest BCUT2D eigenvalue weighted by molar-refractivity contribution is 0.0950. The maximum atomic E-state index is 12.0. The van der Waals surface area contributed by atoms with E-state index >= 15 is 0 Å². The summed E-state index contributed by atoms with van der Waals surface area (Å²) in [6.45, 7) is 0.322. The van der Waals surface area contributed by atoms with Gasteiger partial charge in [0.1, 0.15) is 5.75 Å². The monoisotopic (exact) mass is 287 g/mol. The third kappa shape index (κ3) is 3.42. The standard InChI is InChI=1S/C15H17N3O3/c1-18-6-5-11(8-14(18)19)15(20)17-9-10-3-4-13(21-2)12(16)7-10/h3-8H,9,16H2,1-2H3,(H,17,20). The number of rotatable bonds is 4. The lowest BCUT2D eigenvalue weighted by atomic mass is 10.1. The van der Waals surface area contributed by atoms with Gasteiger partial charge in [0, 0.05) is 31.4 Å². The maximum absolute atomic E-state index is 12.0. The molecule has 1 heterocycles. The third-order valence-corrected chi connectivity index (χ3v) is 3.11. The molecule has 2 rings (SSSR count). The largest absolute Gasteiger partial charge is 0.495 e. The van der Waals surface area contributed by atoms with Crippen molar-refractivity contribution in [2.75, 3.05) is 12.8 Å². The number of pyridine rings is 1. The molecule has 0 saturated carbocycles. The molecule has 6 nitrogen and oxygen atoms in total. The van der Waals surface area contributed by atoms with Crippen molar-refractivity contribution in [1.82, 2.24) is 9.88 Å². The molecule has 0 aliphatic carbocycles. The molecule has 0 aliphatic rings. The molecule has 1 amide bonds. The number of aromatic nitrogens is 1. The molecule has 2 aromatic rings. The number of ether oxygens (including phenoxy) is 1. The molecule has 1 aromatic carbocycles. The first-order valence-corrected chi connectivity index (χ1v) is 6.38. The van der Waals surface area contributed by atoms with E-state index in [-0.39, 0.29) is 11.5 Å². The van der Waals surface area contributed by atoms with Gasteiger partial charge in [-0.25, -0.2) is 0 Å². The van der Waals surface area contributed by atoms with E-state index in [1.807, 2.05) is 6.07 Å². The third-order valence-electron chi connectivity index (χ3n) is 3.11. The fraction of sp³-hybridized carbons (Fsp3) is 0.200. The van der Waals surface area contributed by atoms with E-state index in [9.17, 15) is 9.59 Å². The Morgan fingerprint density at radius 2 is 2.10 bits per heavy atom. The second-order valence-electron chi connectivity index (χ2n) is 4.62. The summed E-state index contributed by atoms with van der Waals surface area (Å²) >= 11 is 0. The lowest BCUT2D eigenvalue weighted by Gasteiger charge is -2.09. The average molecular weight is 287 g/mol. The van der Waals surface area contributed by atoms with Gasteiger partial charge in [-0.1, -0.05) is 6.07 Å². The number of carbonyl (C=O) groups excluding carboxylic acids is 1. The highest BCUT2D eigenvalue weighted by atomic mass is 16.5. The Bertz CT molecular complexity index is 722. The normalized spacial score (nSPS) is 10.2. The number of hydrogen-bond acceptors (Lipinski definition) is 4. The van der Waals surface area contributed by atoms with Gasteiger partial charge in [0.15, 0.2) is 0 Å². The van der Waals surface area contributed by atoms with Crippen LogP contribution in [0.1, 0.15) is 15.9 Å². The van der Waals surface area contributed by atoms with Crippen LogP contribution in [0.15, 0.2) is 41.3 Å². The molecule has 0 bridgehead atoms. The number of amides is 1. The van der Waals surface area contributed by atoms with E-state index in [2.05, 4.69) is 5.32 Å². The summed E-state index contributed by atoms with van der Waals surface area (Å²) in [6, 6.07) is 8.20. The van der Waals surface area contributed by atoms with Gasteiger partial charge in [0.2, 0.25) is 0 Å². The fourth-order valence-electron chi connectivity index (χ4n) is 1.87. The molecule has 0 unspecified atom stereocenters. The van der Waals surface area contributed by atoms with Crippen LogP contribution >= 0.6 is 0 Å². The Labute approximate surface area is 122 Å². The predicted molar refractivity (Wildman–Crippen MR) is 80.3 cm³/mol. The van der Waals surface area contributed by atoms with Gasteiger partial charge >= 0.3 is 0 Å². The molecule has 0 fully saturated rings. The minimum absolute atomic E-state index is 0.226. The number of nitrogens with zero attached hydrogens (tertiary/aromatic N) is 1. The van der Waals surface area contributed by atoms with E-state index < -0.39 is 0 Å². The smallest absolute Gasteiger partial charge is 0.251 e. The zero-order chi connectivity index (χ0) is 15.4. The van der Waals surface area contributed by atoms with Crippen molar-refractivity contribution in [3.63, 3.8) is 0 Å². The summed E-state index contributed by atoms with van der Waals surface area (Å²) in [7, 11) is 3.17. The first-order chi connectivity index (χ1) is 10.0. The average Bonchev–Trinajstić information content (AvgIpc) is 2.47. The summed E-state index contributed by atoms with van der Waals surface area (Å²) in [5, 5.41) is 2.74. The minimum Gasteiger partial charge on any atom is -0.495 e. The lowest BCUT2D eigenvalue weighted by Crippen LogP contribution is -2.25. The number of nitrogens with one attached hydrogen (secondary N) is 1. The molecule has 21 heavy (non-hydrogen) atoms. The van der Waals surface area contributed by atoms with Gasteiger partial charge in [-0.2, -0.15) is 0 Å². The molecular formula is C15H17N3O3. The molecular weight excluding hydrogens is 270 g/mol. The summed E-state index contributed by atoms with van der Waals surface area (Å²) < 4.78 is 6.47. The Morgan fingerprint density at radius 3 is 2.71 bits per heavy atom. The summed E-state index contributed by atoms with van der Waals surface area (Å²) in [5.41, 5.74) is 7.28. The van der Waals surface area contributed by atoms with Crippen LogP contribution in [0.2, 0.25) is 0 Å². The Balaban J connectivity index is 2.05. The summed E-state index contributed by atoms with van der Waals surface area (Å²) in [5.74, 6) is 0.290. The Morgan fingerprint density at radius 1 is 1.33 bits per heavy atom. The number of aryl methyl sites for hydroxylation is 1. The van der Waals surface area contributed by atoms with E-state index in [0.29, 0.717) is 23.5 Å². The predicted octanol–water partition coefficient (Wildman–Crippen LogP) is 0.906. The van der Waals surface area contributed by atoms with Crippen molar-refractivity contribution in [2.45, 2.75) is 6.54 Å². The van der Waals surface area contributed by atoms with Crippen molar-refractivity contribution in [3.8, 4) is 5.75 Å². The van der Waals surface area contributed by atoms with Crippen LogP contribution in [0.3, 0.4) is 0 Å². The van der Waals surface area contributed by atoms with Crippen molar-refractivity contribution < 1.29 is 9.53 Å². The molecule has 0 spiro atoms. The molecule has 0 radical (unpaired) electrons. The van der Waals surface area contributed by atoms with E-state index in [1.54, 1.807) is 38.6 Å². The van der Waals surface area contributed by atoms with Crippen LogP contribution in [-0.4, -0.2) is 17.6 Å². The van der Waals surface area contributed by atoms with Crippen molar-refractivity contribution in [2.24, 2.45) is 7.05 Å². The second kappa shape index (κ2) is 6.13. The fourth-order valence-corrected chi connectivity index (χ4v) is 1.87. The SMILES string of the molecule is COc1ccc(CNC(=O)c2ccn(C)c(=O)c2)cc1N. The molecule has 0 atom stereocenters. The molecule has 0 saturated heterocycles. The van der Waals surface area contributed by atoms with Gasteiger partial charge in [-0.05, 0) is 23.8 Å². The number of nitrogens with two attached hydrogens (primary N) is 1. The maximum Gasteiger partial charge on any atom is 0.251 e. The topological polar surface area (TPSA) is 86.3 Å². The van der Waals surface area contributed by atoms with Gasteiger partial charge in [0.05, 0.1) is 12.8 Å². The van der Waals surface area contributed by atoms with E-state index in [0.717, 1.165) is 5.56 Å². The van der Waals surface area contributed by atoms with Crippen LogP contribution < -0.4 is 21.3 Å². The first-order valence-electron chi connectivity index (χ1n) is 6.38. The summed E-state index contributed by atoms with van der Waals surface area (Å²) in [4.78, 5) is 23.5. The van der Waals surface area contributed by atoms with Gasteiger partial charge in [-0.3, -0.25) is 9.59 Å². The van der Waals surface area contributed by atoms with Crippen molar-refractivity contribution >= 4 is 11.6 Å². The van der Waals surface area contributed by atoms with Gasteiger partial charge in [0.25, 0.3) is 11.5 Å². The number of methoxy groups -OCH3 is 1. The van der Waals surface area contributed by atoms with Gasteiger partial charge in [-0.15, -0.1) is 0 Å². The quantitative estimate of drug-likeness (QED) is 0.818. The highest BCUT2D eigenvalue weighted by Crippen LogP contribution is 2.21. The number of benzene rings is 1. The molecule has 110 valence electrons. The second-order valence-corrected chi connectivity index (χ2v) is 4.62. The number of nitrogen functional groups attached to an aromatic ring is 1. The van der Waals surface area contributed by atoms with Crippen molar-refractivity contribution in [3.05, 3.63) is 58.0 Å². The Kier molecular flexibility index (Phi) is 4.27. The number of anilines is 1. The summed E-state index contributed by atoms with van der Waals surface area (Å²) in [6.07, 6.45) is 1.56. The van der Waals surface area contributed by atoms with E-state index in [1.165, 1.54) is 10.6 Å². The van der Waals surface area contributed by atoms with Crippen LogP contribution in [0.5, 0.6) is 5.75 Å². The van der Waals surface area contributed by atoms with Crippen LogP contribution in [0, 0.1) is 0 Å².